The van der Waals surface area contributed by atoms with Crippen molar-refractivity contribution in [3.63, 3.8) is 0 Å². The number of hydrogen-bond donors (Lipinski definition) is 5. The summed E-state index contributed by atoms with van der Waals surface area (Å²) in [6, 6.07) is 0.0462. The third-order valence-electron chi connectivity index (χ3n) is 2.99. The van der Waals surface area contributed by atoms with Crippen molar-refractivity contribution in [2.75, 3.05) is 19.7 Å². The zero-order chi connectivity index (χ0) is 16.8. The van der Waals surface area contributed by atoms with Gasteiger partial charge in [0, 0.05) is 18.0 Å². The molecule has 0 bridgehead atoms. The van der Waals surface area contributed by atoms with Gasteiger partial charge in [0.25, 0.3) is 0 Å². The van der Waals surface area contributed by atoms with Crippen molar-refractivity contribution in [2.24, 2.45) is 5.41 Å². The van der Waals surface area contributed by atoms with E-state index in [9.17, 15) is 20.1 Å². The number of aliphatic hydroxyl groups is 4. The number of nitrogens with one attached hydrogen (secondary N) is 1. The fourth-order valence-corrected chi connectivity index (χ4v) is 1.64. The van der Waals surface area contributed by atoms with Crippen molar-refractivity contribution in [2.45, 2.75) is 59.0 Å². The van der Waals surface area contributed by atoms with Crippen molar-refractivity contribution in [3.8, 4) is 0 Å². The third-order valence-corrected chi connectivity index (χ3v) is 2.99. The van der Waals surface area contributed by atoms with Crippen LogP contribution in [0.15, 0.2) is 0 Å². The molecule has 0 saturated heterocycles. The Morgan fingerprint density at radius 2 is 1.67 bits per heavy atom. The summed E-state index contributed by atoms with van der Waals surface area (Å²) in [6.07, 6.45) is -4.18. The maximum Gasteiger partial charge on any atom is 0.153 e. The highest BCUT2D eigenvalue weighted by Crippen LogP contribution is 2.15. The summed E-state index contributed by atoms with van der Waals surface area (Å²) in [6.45, 7) is 8.59. The lowest BCUT2D eigenvalue weighted by atomic mass is 9.90. The lowest BCUT2D eigenvalue weighted by Gasteiger charge is -2.31. The largest absolute Gasteiger partial charge is 0.394 e. The molecule has 3 atom stereocenters. The molecule has 7 nitrogen and oxygen atoms in total. The maximum absolute atomic E-state index is 12.1. The topological polar surface area (TPSA) is 113 Å². The second-order valence-corrected chi connectivity index (χ2v) is 6.65. The predicted octanol–water partition coefficient (Wildman–Crippen LogP) is -1.11. The standard InChI is InChI=1S/C14H30N2O5/c1-9(2)15-16(7-12(20)14(3,4)5)6-10(18)13(21)11(19)8-17/h9-11,13,15,17-19,21H,6-8H2,1-5H3. The van der Waals surface area contributed by atoms with E-state index < -0.39 is 30.3 Å². The van der Waals surface area contributed by atoms with Gasteiger partial charge in [-0.3, -0.25) is 10.2 Å². The Bertz CT molecular complexity index is 317. The van der Waals surface area contributed by atoms with Gasteiger partial charge in [-0.05, 0) is 13.8 Å². The lowest BCUT2D eigenvalue weighted by Crippen LogP contribution is -2.53. The Morgan fingerprint density at radius 3 is 2.05 bits per heavy atom. The molecule has 0 aliphatic rings. The molecule has 0 radical (unpaired) electrons. The summed E-state index contributed by atoms with van der Waals surface area (Å²) in [5, 5.41) is 39.2. The van der Waals surface area contributed by atoms with Gasteiger partial charge in [-0.1, -0.05) is 20.8 Å². The summed E-state index contributed by atoms with van der Waals surface area (Å²) in [5.41, 5.74) is 2.51. The van der Waals surface area contributed by atoms with E-state index in [1.165, 1.54) is 5.01 Å². The van der Waals surface area contributed by atoms with Crippen molar-refractivity contribution >= 4 is 5.78 Å². The molecule has 0 aromatic carbocycles. The third kappa shape index (κ3) is 7.85. The van der Waals surface area contributed by atoms with Gasteiger partial charge in [0.15, 0.2) is 5.78 Å². The van der Waals surface area contributed by atoms with E-state index in [0.717, 1.165) is 0 Å². The normalized spacial score (nSPS) is 17.1. The Hall–Kier alpha value is -0.570. The van der Waals surface area contributed by atoms with Gasteiger partial charge in [-0.2, -0.15) is 0 Å². The molecule has 5 N–H and O–H groups in total. The molecule has 0 spiro atoms. The number of Topliss-reactive ketones (excluding diaryl/α,β-unsaturated/α-hetero) is 1. The zero-order valence-electron chi connectivity index (χ0n) is 13.6. The average molecular weight is 306 g/mol. The van der Waals surface area contributed by atoms with Crippen LogP contribution in [-0.2, 0) is 4.79 Å². The predicted molar refractivity (Wildman–Crippen MR) is 79.4 cm³/mol. The summed E-state index contributed by atoms with van der Waals surface area (Å²) in [4.78, 5) is 12.1. The Kier molecular flexibility index (Phi) is 8.53. The molecule has 0 fully saturated rings. The fraction of sp³-hybridized carbons (Fsp3) is 0.929. The number of carbonyl (C=O) groups is 1. The molecular weight excluding hydrogens is 276 g/mol. The first-order valence-corrected chi connectivity index (χ1v) is 7.18. The minimum Gasteiger partial charge on any atom is -0.394 e. The van der Waals surface area contributed by atoms with Crippen LogP contribution < -0.4 is 5.43 Å². The van der Waals surface area contributed by atoms with E-state index in [1.54, 1.807) is 0 Å². The van der Waals surface area contributed by atoms with Gasteiger partial charge in [0.05, 0.1) is 19.3 Å². The summed E-state index contributed by atoms with van der Waals surface area (Å²) < 4.78 is 0. The number of ketones is 1. The quantitative estimate of drug-likeness (QED) is 0.343. The molecular formula is C14H30N2O5. The lowest BCUT2D eigenvalue weighted by molar-refractivity contribution is -0.130. The van der Waals surface area contributed by atoms with Crippen LogP contribution >= 0.6 is 0 Å². The molecule has 0 aliphatic heterocycles. The number of hydrazine groups is 1. The molecule has 126 valence electrons. The summed E-state index contributed by atoms with van der Waals surface area (Å²) >= 11 is 0. The number of carbonyl (C=O) groups excluding carboxylic acids is 1. The van der Waals surface area contributed by atoms with E-state index in [1.807, 2.05) is 34.6 Å². The molecule has 21 heavy (non-hydrogen) atoms. The monoisotopic (exact) mass is 306 g/mol. The van der Waals surface area contributed by atoms with Gasteiger partial charge >= 0.3 is 0 Å². The van der Waals surface area contributed by atoms with E-state index >= 15 is 0 Å². The van der Waals surface area contributed by atoms with Gasteiger partial charge < -0.3 is 20.4 Å². The van der Waals surface area contributed by atoms with Crippen molar-refractivity contribution in [3.05, 3.63) is 0 Å². The van der Waals surface area contributed by atoms with Crippen LogP contribution in [-0.4, -0.2) is 75.3 Å². The maximum atomic E-state index is 12.1. The van der Waals surface area contributed by atoms with E-state index in [0.29, 0.717) is 0 Å². The number of nitrogens with zero attached hydrogens (tertiary/aromatic N) is 1. The van der Waals surface area contributed by atoms with Gasteiger partial charge in [0.1, 0.15) is 12.2 Å². The molecule has 0 aromatic heterocycles. The molecule has 3 unspecified atom stereocenters. The molecule has 0 heterocycles. The molecule has 0 saturated carbocycles. The van der Waals surface area contributed by atoms with Crippen molar-refractivity contribution in [1.82, 2.24) is 10.4 Å². The van der Waals surface area contributed by atoms with Crippen LogP contribution in [0, 0.1) is 5.41 Å². The smallest absolute Gasteiger partial charge is 0.153 e. The first-order valence-electron chi connectivity index (χ1n) is 7.18. The Morgan fingerprint density at radius 1 is 1.14 bits per heavy atom. The minimum absolute atomic E-state index is 0.0138. The highest BCUT2D eigenvalue weighted by Gasteiger charge is 2.29. The Balaban J connectivity index is 4.73. The highest BCUT2D eigenvalue weighted by molar-refractivity contribution is 5.85. The number of hydrogen-bond acceptors (Lipinski definition) is 7. The molecule has 0 aromatic rings. The Labute approximate surface area is 126 Å². The van der Waals surface area contributed by atoms with Gasteiger partial charge in [-0.25, -0.2) is 5.01 Å². The molecule has 7 heteroatoms. The zero-order valence-corrected chi connectivity index (χ0v) is 13.6. The van der Waals surface area contributed by atoms with Crippen LogP contribution in [0.25, 0.3) is 0 Å². The molecule has 0 aliphatic carbocycles. The minimum atomic E-state index is -1.48. The fourth-order valence-electron chi connectivity index (χ4n) is 1.64. The van der Waals surface area contributed by atoms with Crippen molar-refractivity contribution in [1.29, 1.82) is 0 Å². The average Bonchev–Trinajstić information content (AvgIpc) is 2.34. The van der Waals surface area contributed by atoms with Crippen LogP contribution in [0.3, 0.4) is 0 Å². The first kappa shape index (κ1) is 20.4. The van der Waals surface area contributed by atoms with Crippen LogP contribution in [0.4, 0.5) is 0 Å². The van der Waals surface area contributed by atoms with E-state index in [-0.39, 0.29) is 24.9 Å². The molecule has 0 rings (SSSR count). The van der Waals surface area contributed by atoms with Gasteiger partial charge in [0.2, 0.25) is 0 Å². The SMILES string of the molecule is CC(C)NN(CC(=O)C(C)(C)C)CC(O)C(O)C(O)CO. The van der Waals surface area contributed by atoms with Crippen LogP contribution in [0.5, 0.6) is 0 Å². The number of aliphatic hydroxyl groups excluding tert-OH is 4. The van der Waals surface area contributed by atoms with E-state index in [2.05, 4.69) is 5.43 Å². The van der Waals surface area contributed by atoms with Crippen LogP contribution in [0.1, 0.15) is 34.6 Å². The van der Waals surface area contributed by atoms with E-state index in [4.69, 9.17) is 5.11 Å². The van der Waals surface area contributed by atoms with Crippen molar-refractivity contribution < 1.29 is 25.2 Å². The first-order chi connectivity index (χ1) is 9.48. The highest BCUT2D eigenvalue weighted by atomic mass is 16.4. The summed E-state index contributed by atoms with van der Waals surface area (Å²) in [5.74, 6) is -0.0138. The van der Waals surface area contributed by atoms with Crippen LogP contribution in [0.2, 0.25) is 0 Å². The molecule has 0 amide bonds. The summed E-state index contributed by atoms with van der Waals surface area (Å²) in [7, 11) is 0. The number of rotatable bonds is 9. The second-order valence-electron chi connectivity index (χ2n) is 6.65. The second kappa shape index (κ2) is 8.77. The van der Waals surface area contributed by atoms with Gasteiger partial charge in [-0.15, -0.1) is 0 Å².